The quantitative estimate of drug-likeness (QED) is 0.892. The number of hydrogen-bond donors (Lipinski definition) is 1. The number of nitrogens with one attached hydrogen (secondary N) is 1. The van der Waals surface area contributed by atoms with Gasteiger partial charge in [0.1, 0.15) is 12.2 Å². The van der Waals surface area contributed by atoms with Crippen molar-refractivity contribution < 1.29 is 0 Å². The second-order valence-corrected chi connectivity index (χ2v) is 5.86. The van der Waals surface area contributed by atoms with Gasteiger partial charge in [0.25, 0.3) is 0 Å². The SMILES string of the molecule is c1nnc(CC2CCCNC2)n1C1CCCCC1. The Bertz CT molecular complexity index is 362. The van der Waals surface area contributed by atoms with Gasteiger partial charge in [-0.2, -0.15) is 0 Å². The Morgan fingerprint density at radius 3 is 2.83 bits per heavy atom. The third kappa shape index (κ3) is 2.74. The smallest absolute Gasteiger partial charge is 0.133 e. The number of rotatable bonds is 3. The van der Waals surface area contributed by atoms with Gasteiger partial charge in [0.2, 0.25) is 0 Å². The average molecular weight is 248 g/mol. The molecule has 1 N–H and O–H groups in total. The number of aromatic nitrogens is 3. The topological polar surface area (TPSA) is 42.7 Å². The van der Waals surface area contributed by atoms with Crippen molar-refractivity contribution in [3.05, 3.63) is 12.2 Å². The maximum atomic E-state index is 4.37. The van der Waals surface area contributed by atoms with Crippen molar-refractivity contribution in [1.82, 2.24) is 20.1 Å². The summed E-state index contributed by atoms with van der Waals surface area (Å²) in [6.07, 6.45) is 12.5. The van der Waals surface area contributed by atoms with Crippen LogP contribution in [0, 0.1) is 5.92 Å². The van der Waals surface area contributed by atoms with Gasteiger partial charge in [-0.1, -0.05) is 19.3 Å². The summed E-state index contributed by atoms with van der Waals surface area (Å²) in [5, 5.41) is 12.0. The van der Waals surface area contributed by atoms with E-state index in [0.29, 0.717) is 6.04 Å². The maximum Gasteiger partial charge on any atom is 0.133 e. The van der Waals surface area contributed by atoms with Crippen LogP contribution in [-0.4, -0.2) is 27.9 Å². The second kappa shape index (κ2) is 5.83. The molecule has 18 heavy (non-hydrogen) atoms. The molecule has 3 rings (SSSR count). The Labute approximate surface area is 109 Å². The highest BCUT2D eigenvalue weighted by Gasteiger charge is 2.21. The van der Waals surface area contributed by atoms with E-state index in [1.54, 1.807) is 0 Å². The van der Waals surface area contributed by atoms with E-state index >= 15 is 0 Å². The van der Waals surface area contributed by atoms with Crippen molar-refractivity contribution in [3.63, 3.8) is 0 Å². The van der Waals surface area contributed by atoms with Crippen LogP contribution in [0.25, 0.3) is 0 Å². The van der Waals surface area contributed by atoms with Crippen LogP contribution in [0.5, 0.6) is 0 Å². The molecule has 1 aliphatic heterocycles. The molecule has 2 aliphatic rings. The molecule has 0 aromatic carbocycles. The predicted molar refractivity (Wildman–Crippen MR) is 71.4 cm³/mol. The standard InChI is InChI=1S/C14H24N4/c1-2-6-13(7-3-1)18-11-16-17-14(18)9-12-5-4-8-15-10-12/h11-13,15H,1-10H2. The first kappa shape index (κ1) is 12.2. The molecule has 0 amide bonds. The van der Waals surface area contributed by atoms with Crippen LogP contribution in [0.1, 0.15) is 56.8 Å². The van der Waals surface area contributed by atoms with Gasteiger partial charge in [-0.3, -0.25) is 0 Å². The summed E-state index contributed by atoms with van der Waals surface area (Å²) in [6.45, 7) is 2.34. The number of hydrogen-bond acceptors (Lipinski definition) is 3. The number of piperidine rings is 1. The van der Waals surface area contributed by atoms with Gasteiger partial charge in [-0.15, -0.1) is 10.2 Å². The van der Waals surface area contributed by atoms with E-state index in [1.807, 2.05) is 6.33 Å². The molecular weight excluding hydrogens is 224 g/mol. The molecule has 100 valence electrons. The molecule has 1 unspecified atom stereocenters. The minimum absolute atomic E-state index is 0.667. The summed E-state index contributed by atoms with van der Waals surface area (Å²) >= 11 is 0. The van der Waals surface area contributed by atoms with Gasteiger partial charge in [-0.05, 0) is 44.7 Å². The molecule has 0 radical (unpaired) electrons. The highest BCUT2D eigenvalue weighted by Crippen LogP contribution is 2.29. The minimum atomic E-state index is 0.667. The summed E-state index contributed by atoms with van der Waals surface area (Å²) in [7, 11) is 0. The van der Waals surface area contributed by atoms with Crippen LogP contribution >= 0.6 is 0 Å². The summed E-state index contributed by atoms with van der Waals surface area (Å²) in [6, 6.07) is 0.667. The van der Waals surface area contributed by atoms with Gasteiger partial charge >= 0.3 is 0 Å². The molecule has 1 atom stereocenters. The largest absolute Gasteiger partial charge is 0.316 e. The lowest BCUT2D eigenvalue weighted by molar-refractivity contribution is 0.326. The van der Waals surface area contributed by atoms with Gasteiger partial charge in [-0.25, -0.2) is 0 Å². The van der Waals surface area contributed by atoms with E-state index < -0.39 is 0 Å². The van der Waals surface area contributed by atoms with Crippen LogP contribution in [0.2, 0.25) is 0 Å². The first-order chi connectivity index (χ1) is 8.93. The van der Waals surface area contributed by atoms with Crippen LogP contribution in [0.3, 0.4) is 0 Å². The molecular formula is C14H24N4. The molecule has 0 bridgehead atoms. The van der Waals surface area contributed by atoms with Crippen LogP contribution in [0.15, 0.2) is 6.33 Å². The molecule has 4 heteroatoms. The zero-order chi connectivity index (χ0) is 12.2. The van der Waals surface area contributed by atoms with Crippen molar-refractivity contribution in [2.24, 2.45) is 5.92 Å². The molecule has 1 saturated heterocycles. The van der Waals surface area contributed by atoms with Crippen molar-refractivity contribution >= 4 is 0 Å². The zero-order valence-corrected chi connectivity index (χ0v) is 11.1. The van der Waals surface area contributed by atoms with E-state index in [1.165, 1.54) is 57.3 Å². The fourth-order valence-corrected chi connectivity index (χ4v) is 3.43. The zero-order valence-electron chi connectivity index (χ0n) is 11.1. The Balaban J connectivity index is 1.66. The molecule has 1 aromatic heterocycles. The van der Waals surface area contributed by atoms with Crippen molar-refractivity contribution in [3.8, 4) is 0 Å². The highest BCUT2D eigenvalue weighted by atomic mass is 15.3. The van der Waals surface area contributed by atoms with Gasteiger partial charge in [0.05, 0.1) is 0 Å². The van der Waals surface area contributed by atoms with Gasteiger partial charge < -0.3 is 9.88 Å². The third-order valence-corrected chi connectivity index (χ3v) is 4.49. The Hall–Kier alpha value is -0.900. The van der Waals surface area contributed by atoms with E-state index in [9.17, 15) is 0 Å². The highest BCUT2D eigenvalue weighted by molar-refractivity contribution is 4.93. The van der Waals surface area contributed by atoms with Gasteiger partial charge in [0.15, 0.2) is 0 Å². The number of nitrogens with zero attached hydrogens (tertiary/aromatic N) is 3. The van der Waals surface area contributed by atoms with E-state index in [-0.39, 0.29) is 0 Å². The molecule has 1 saturated carbocycles. The maximum absolute atomic E-state index is 4.37. The van der Waals surface area contributed by atoms with Crippen LogP contribution in [0.4, 0.5) is 0 Å². The first-order valence-corrected chi connectivity index (χ1v) is 7.52. The first-order valence-electron chi connectivity index (χ1n) is 7.52. The molecule has 2 fully saturated rings. The van der Waals surface area contributed by atoms with Gasteiger partial charge in [0, 0.05) is 12.5 Å². The predicted octanol–water partition coefficient (Wildman–Crippen LogP) is 2.33. The lowest BCUT2D eigenvalue weighted by Crippen LogP contribution is -2.31. The summed E-state index contributed by atoms with van der Waals surface area (Å²) < 4.78 is 2.37. The van der Waals surface area contributed by atoms with Crippen molar-refractivity contribution in [2.45, 2.75) is 57.4 Å². The molecule has 1 aliphatic carbocycles. The fourth-order valence-electron chi connectivity index (χ4n) is 3.43. The fraction of sp³-hybridized carbons (Fsp3) is 0.857. The second-order valence-electron chi connectivity index (χ2n) is 5.86. The lowest BCUT2D eigenvalue weighted by Gasteiger charge is -2.26. The molecule has 1 aromatic rings. The van der Waals surface area contributed by atoms with Crippen LogP contribution < -0.4 is 5.32 Å². The lowest BCUT2D eigenvalue weighted by atomic mass is 9.93. The Morgan fingerprint density at radius 1 is 1.17 bits per heavy atom. The molecule has 0 spiro atoms. The van der Waals surface area contributed by atoms with E-state index in [0.717, 1.165) is 18.9 Å². The minimum Gasteiger partial charge on any atom is -0.316 e. The average Bonchev–Trinajstić information content (AvgIpc) is 2.89. The summed E-state index contributed by atoms with van der Waals surface area (Å²) in [4.78, 5) is 0. The molecule has 4 nitrogen and oxygen atoms in total. The van der Waals surface area contributed by atoms with Crippen LogP contribution in [-0.2, 0) is 6.42 Å². The molecule has 2 heterocycles. The Kier molecular flexibility index (Phi) is 3.93. The van der Waals surface area contributed by atoms with Crippen molar-refractivity contribution in [2.75, 3.05) is 13.1 Å². The third-order valence-electron chi connectivity index (χ3n) is 4.49. The Morgan fingerprint density at radius 2 is 2.06 bits per heavy atom. The van der Waals surface area contributed by atoms with E-state index in [2.05, 4.69) is 20.1 Å². The summed E-state index contributed by atoms with van der Waals surface area (Å²) in [5.41, 5.74) is 0. The van der Waals surface area contributed by atoms with Crippen molar-refractivity contribution in [1.29, 1.82) is 0 Å². The summed E-state index contributed by atoms with van der Waals surface area (Å²) in [5.74, 6) is 1.97. The normalized spacial score (nSPS) is 26.3. The van der Waals surface area contributed by atoms with E-state index in [4.69, 9.17) is 0 Å². The monoisotopic (exact) mass is 248 g/mol.